The number of rotatable bonds is 7. The van der Waals surface area contributed by atoms with E-state index in [0.29, 0.717) is 6.54 Å². The Balaban J connectivity index is 0.00000361. The number of ether oxygens (including phenoxy) is 1. The minimum atomic E-state index is -0.0714. The number of hydrogen-bond acceptors (Lipinski definition) is 3. The molecule has 1 aromatic rings. The normalized spacial score (nSPS) is 10.1. The molecule has 0 spiro atoms. The van der Waals surface area contributed by atoms with E-state index in [1.165, 1.54) is 0 Å². The lowest BCUT2D eigenvalue weighted by atomic mass is 10.1. The first-order valence-corrected chi connectivity index (χ1v) is 6.60. The van der Waals surface area contributed by atoms with Crippen molar-refractivity contribution in [3.05, 3.63) is 29.3 Å². The molecule has 0 aliphatic heterocycles. The van der Waals surface area contributed by atoms with Crippen LogP contribution in [-0.4, -0.2) is 44.6 Å². The molecule has 0 aliphatic rings. The molecule has 1 aromatic carbocycles. The van der Waals surface area contributed by atoms with Gasteiger partial charge in [0.05, 0.1) is 0 Å². The number of halogens is 1. The third-order valence-electron chi connectivity index (χ3n) is 2.67. The van der Waals surface area contributed by atoms with Crippen LogP contribution in [0.25, 0.3) is 0 Å². The zero-order valence-corrected chi connectivity index (χ0v) is 13.5. The summed E-state index contributed by atoms with van der Waals surface area (Å²) in [6.07, 6.45) is 0.947. The predicted molar refractivity (Wildman–Crippen MR) is 84.8 cm³/mol. The molecule has 0 fully saturated rings. The topological polar surface area (TPSA) is 41.6 Å². The van der Waals surface area contributed by atoms with Crippen LogP contribution in [0.4, 0.5) is 0 Å². The molecule has 0 radical (unpaired) electrons. The van der Waals surface area contributed by atoms with Gasteiger partial charge in [-0.15, -0.1) is 12.4 Å². The summed E-state index contributed by atoms with van der Waals surface area (Å²) in [5.41, 5.74) is 2.28. The standard InChI is InChI=1S/C15H24N2O2.ClH/c1-12-8-13(2)10-14(9-12)19-11-15(18)16-6-5-7-17(3)4;/h8-10H,5-7,11H2,1-4H3,(H,16,18);1H. The highest BCUT2D eigenvalue weighted by Crippen LogP contribution is 2.15. The molecule has 0 atom stereocenters. The summed E-state index contributed by atoms with van der Waals surface area (Å²) in [5, 5.41) is 2.85. The molecule has 20 heavy (non-hydrogen) atoms. The van der Waals surface area contributed by atoms with Crippen molar-refractivity contribution in [2.24, 2.45) is 0 Å². The lowest BCUT2D eigenvalue weighted by Gasteiger charge is -2.11. The maximum atomic E-state index is 11.6. The van der Waals surface area contributed by atoms with Crippen molar-refractivity contribution in [2.45, 2.75) is 20.3 Å². The Morgan fingerprint density at radius 1 is 1.20 bits per heavy atom. The summed E-state index contributed by atoms with van der Waals surface area (Å²) >= 11 is 0. The lowest BCUT2D eigenvalue weighted by molar-refractivity contribution is -0.123. The fraction of sp³-hybridized carbons (Fsp3) is 0.533. The Labute approximate surface area is 127 Å². The van der Waals surface area contributed by atoms with Crippen LogP contribution >= 0.6 is 12.4 Å². The van der Waals surface area contributed by atoms with Crippen molar-refractivity contribution in [3.8, 4) is 5.75 Å². The highest BCUT2D eigenvalue weighted by atomic mass is 35.5. The van der Waals surface area contributed by atoms with E-state index in [1.807, 2.05) is 40.1 Å². The number of nitrogens with zero attached hydrogens (tertiary/aromatic N) is 1. The number of carbonyl (C=O) groups excluding carboxylic acids is 1. The zero-order chi connectivity index (χ0) is 14.3. The van der Waals surface area contributed by atoms with E-state index in [-0.39, 0.29) is 24.9 Å². The van der Waals surface area contributed by atoms with Crippen LogP contribution < -0.4 is 10.1 Å². The van der Waals surface area contributed by atoms with Crippen molar-refractivity contribution in [1.82, 2.24) is 10.2 Å². The molecule has 0 bridgehead atoms. The van der Waals surface area contributed by atoms with E-state index in [0.717, 1.165) is 29.8 Å². The summed E-state index contributed by atoms with van der Waals surface area (Å²) in [5.74, 6) is 0.679. The molecular weight excluding hydrogens is 276 g/mol. The predicted octanol–water partition coefficient (Wildman–Crippen LogP) is 2.17. The second-order valence-corrected chi connectivity index (χ2v) is 5.12. The van der Waals surface area contributed by atoms with Crippen LogP contribution in [0.3, 0.4) is 0 Å². The lowest BCUT2D eigenvalue weighted by Crippen LogP contribution is -2.31. The van der Waals surface area contributed by atoms with E-state index in [2.05, 4.69) is 16.3 Å². The second kappa shape index (κ2) is 9.61. The highest BCUT2D eigenvalue weighted by Gasteiger charge is 2.03. The van der Waals surface area contributed by atoms with Crippen LogP contribution in [0.1, 0.15) is 17.5 Å². The number of nitrogens with one attached hydrogen (secondary N) is 1. The van der Waals surface area contributed by atoms with Crippen molar-refractivity contribution >= 4 is 18.3 Å². The summed E-state index contributed by atoms with van der Waals surface area (Å²) in [6.45, 7) is 5.76. The van der Waals surface area contributed by atoms with Gasteiger partial charge in [-0.2, -0.15) is 0 Å². The molecule has 114 valence electrons. The van der Waals surface area contributed by atoms with Gasteiger partial charge in [0.15, 0.2) is 6.61 Å². The van der Waals surface area contributed by atoms with Crippen LogP contribution in [0.5, 0.6) is 5.75 Å². The average Bonchev–Trinajstić information content (AvgIpc) is 2.31. The molecule has 0 saturated heterocycles. The number of aryl methyl sites for hydroxylation is 2. The zero-order valence-electron chi connectivity index (χ0n) is 12.7. The van der Waals surface area contributed by atoms with Crippen LogP contribution in [0, 0.1) is 13.8 Å². The fourth-order valence-corrected chi connectivity index (χ4v) is 1.84. The van der Waals surface area contributed by atoms with Crippen LogP contribution in [0.2, 0.25) is 0 Å². The molecule has 0 heterocycles. The molecule has 0 aromatic heterocycles. The van der Waals surface area contributed by atoms with E-state index in [9.17, 15) is 4.79 Å². The van der Waals surface area contributed by atoms with Gasteiger partial charge in [-0.05, 0) is 64.2 Å². The Morgan fingerprint density at radius 3 is 2.35 bits per heavy atom. The summed E-state index contributed by atoms with van der Waals surface area (Å²) < 4.78 is 5.49. The fourth-order valence-electron chi connectivity index (χ4n) is 1.84. The van der Waals surface area contributed by atoms with Crippen molar-refractivity contribution < 1.29 is 9.53 Å². The average molecular weight is 301 g/mol. The van der Waals surface area contributed by atoms with Gasteiger partial charge in [0.25, 0.3) is 5.91 Å². The summed E-state index contributed by atoms with van der Waals surface area (Å²) in [6, 6.07) is 5.95. The monoisotopic (exact) mass is 300 g/mol. The number of amides is 1. The van der Waals surface area contributed by atoms with Crippen molar-refractivity contribution in [3.63, 3.8) is 0 Å². The number of benzene rings is 1. The first-order valence-electron chi connectivity index (χ1n) is 6.60. The SMILES string of the molecule is Cc1cc(C)cc(OCC(=O)NCCCN(C)C)c1.Cl. The minimum Gasteiger partial charge on any atom is -0.484 e. The first-order chi connectivity index (χ1) is 8.97. The molecule has 0 aliphatic carbocycles. The van der Waals surface area contributed by atoms with Gasteiger partial charge < -0.3 is 15.0 Å². The Bertz CT molecular complexity index is 402. The highest BCUT2D eigenvalue weighted by molar-refractivity contribution is 5.85. The summed E-state index contributed by atoms with van der Waals surface area (Å²) in [7, 11) is 4.04. The van der Waals surface area contributed by atoms with E-state index in [1.54, 1.807) is 0 Å². The van der Waals surface area contributed by atoms with Gasteiger partial charge in [0, 0.05) is 6.54 Å². The molecule has 0 unspecified atom stereocenters. The Hall–Kier alpha value is -1.26. The molecule has 1 N–H and O–H groups in total. The van der Waals surface area contributed by atoms with Gasteiger partial charge in [-0.3, -0.25) is 4.79 Å². The molecule has 1 rings (SSSR count). The summed E-state index contributed by atoms with van der Waals surface area (Å²) in [4.78, 5) is 13.7. The first kappa shape index (κ1) is 18.7. The van der Waals surface area contributed by atoms with Crippen molar-refractivity contribution in [2.75, 3.05) is 33.8 Å². The van der Waals surface area contributed by atoms with Gasteiger partial charge >= 0.3 is 0 Å². The van der Waals surface area contributed by atoms with Gasteiger partial charge in [0.2, 0.25) is 0 Å². The smallest absolute Gasteiger partial charge is 0.257 e. The third-order valence-corrected chi connectivity index (χ3v) is 2.67. The molecule has 4 nitrogen and oxygen atoms in total. The van der Waals surface area contributed by atoms with E-state index >= 15 is 0 Å². The number of hydrogen-bond donors (Lipinski definition) is 1. The third kappa shape index (κ3) is 8.02. The van der Waals surface area contributed by atoms with Crippen molar-refractivity contribution in [1.29, 1.82) is 0 Å². The van der Waals surface area contributed by atoms with Gasteiger partial charge in [-0.1, -0.05) is 6.07 Å². The molecule has 0 saturated carbocycles. The quantitative estimate of drug-likeness (QED) is 0.785. The minimum absolute atomic E-state index is 0. The van der Waals surface area contributed by atoms with Gasteiger partial charge in [0.1, 0.15) is 5.75 Å². The van der Waals surface area contributed by atoms with Gasteiger partial charge in [-0.25, -0.2) is 0 Å². The van der Waals surface area contributed by atoms with Crippen LogP contribution in [-0.2, 0) is 4.79 Å². The van der Waals surface area contributed by atoms with Crippen LogP contribution in [0.15, 0.2) is 18.2 Å². The molecule has 5 heteroatoms. The Morgan fingerprint density at radius 2 is 1.80 bits per heavy atom. The maximum absolute atomic E-state index is 11.6. The second-order valence-electron chi connectivity index (χ2n) is 5.12. The van der Waals surface area contributed by atoms with E-state index in [4.69, 9.17) is 4.74 Å². The molecular formula is C15H25ClN2O2. The largest absolute Gasteiger partial charge is 0.484 e. The van der Waals surface area contributed by atoms with E-state index < -0.39 is 0 Å². The Kier molecular flexibility index (Phi) is 9.01. The molecule has 1 amide bonds. The maximum Gasteiger partial charge on any atom is 0.257 e. The number of carbonyl (C=O) groups is 1.